The van der Waals surface area contributed by atoms with E-state index in [1.54, 1.807) is 7.11 Å². The van der Waals surface area contributed by atoms with Crippen LogP contribution in [0.2, 0.25) is 0 Å². The number of hydrogen-bond acceptors (Lipinski definition) is 5. The SMILES string of the molecule is COc1ccc(N2CCOCC2)cc1CC(N)C(=O)O. The van der Waals surface area contributed by atoms with Crippen molar-refractivity contribution >= 4 is 11.7 Å². The van der Waals surface area contributed by atoms with Crippen molar-refractivity contribution in [3.05, 3.63) is 23.8 Å². The molecule has 0 aliphatic carbocycles. The van der Waals surface area contributed by atoms with Crippen molar-refractivity contribution in [2.75, 3.05) is 38.3 Å². The average Bonchev–Trinajstić information content (AvgIpc) is 2.48. The number of rotatable bonds is 5. The Morgan fingerprint density at radius 2 is 2.20 bits per heavy atom. The molecule has 0 bridgehead atoms. The Morgan fingerprint density at radius 1 is 1.50 bits per heavy atom. The van der Waals surface area contributed by atoms with E-state index in [1.165, 1.54) is 0 Å². The maximum absolute atomic E-state index is 10.9. The molecule has 1 aliphatic rings. The third kappa shape index (κ3) is 3.40. The van der Waals surface area contributed by atoms with Gasteiger partial charge in [-0.15, -0.1) is 0 Å². The Balaban J connectivity index is 2.21. The molecule has 3 N–H and O–H groups in total. The summed E-state index contributed by atoms with van der Waals surface area (Å²) < 4.78 is 10.6. The molecule has 20 heavy (non-hydrogen) atoms. The first-order valence-corrected chi connectivity index (χ1v) is 6.60. The molecule has 1 fully saturated rings. The van der Waals surface area contributed by atoms with Crippen LogP contribution in [0.15, 0.2) is 18.2 Å². The van der Waals surface area contributed by atoms with Gasteiger partial charge in [-0.25, -0.2) is 0 Å². The monoisotopic (exact) mass is 280 g/mol. The van der Waals surface area contributed by atoms with Crippen LogP contribution in [0, 0.1) is 0 Å². The predicted molar refractivity (Wildman–Crippen MR) is 75.3 cm³/mol. The number of carbonyl (C=O) groups is 1. The molecule has 0 radical (unpaired) electrons. The molecule has 1 unspecified atom stereocenters. The molecule has 1 aliphatic heterocycles. The van der Waals surface area contributed by atoms with Crippen molar-refractivity contribution in [3.8, 4) is 5.75 Å². The van der Waals surface area contributed by atoms with Crippen molar-refractivity contribution in [2.45, 2.75) is 12.5 Å². The first kappa shape index (κ1) is 14.6. The van der Waals surface area contributed by atoms with Gasteiger partial charge in [-0.3, -0.25) is 4.79 Å². The highest BCUT2D eigenvalue weighted by molar-refractivity contribution is 5.74. The lowest BCUT2D eigenvalue weighted by Crippen LogP contribution is -2.36. The molecule has 2 rings (SSSR count). The minimum Gasteiger partial charge on any atom is -0.496 e. The topological polar surface area (TPSA) is 85.0 Å². The van der Waals surface area contributed by atoms with Gasteiger partial charge in [0.25, 0.3) is 0 Å². The Bertz CT molecular complexity index is 472. The van der Waals surface area contributed by atoms with Crippen LogP contribution >= 0.6 is 0 Å². The molecule has 6 nitrogen and oxygen atoms in total. The van der Waals surface area contributed by atoms with Gasteiger partial charge in [-0.05, 0) is 23.8 Å². The summed E-state index contributed by atoms with van der Waals surface area (Å²) in [5.74, 6) is -0.345. The van der Waals surface area contributed by atoms with E-state index >= 15 is 0 Å². The maximum Gasteiger partial charge on any atom is 0.320 e. The van der Waals surface area contributed by atoms with E-state index in [1.807, 2.05) is 18.2 Å². The fourth-order valence-corrected chi connectivity index (χ4v) is 2.27. The van der Waals surface area contributed by atoms with Crippen LogP contribution in [0.3, 0.4) is 0 Å². The van der Waals surface area contributed by atoms with Gasteiger partial charge in [0, 0.05) is 25.2 Å². The zero-order valence-corrected chi connectivity index (χ0v) is 11.5. The molecule has 1 heterocycles. The number of methoxy groups -OCH3 is 1. The summed E-state index contributed by atoms with van der Waals surface area (Å²) >= 11 is 0. The van der Waals surface area contributed by atoms with E-state index < -0.39 is 12.0 Å². The van der Waals surface area contributed by atoms with Gasteiger partial charge in [0.2, 0.25) is 0 Å². The van der Waals surface area contributed by atoms with Gasteiger partial charge < -0.3 is 25.2 Å². The van der Waals surface area contributed by atoms with E-state index in [0.717, 1.165) is 24.3 Å². The van der Waals surface area contributed by atoms with Crippen molar-refractivity contribution in [1.82, 2.24) is 0 Å². The van der Waals surface area contributed by atoms with Crippen LogP contribution in [0.25, 0.3) is 0 Å². The first-order chi connectivity index (χ1) is 9.61. The molecule has 1 aromatic carbocycles. The Morgan fingerprint density at radius 3 is 2.80 bits per heavy atom. The maximum atomic E-state index is 10.9. The molecule has 0 amide bonds. The van der Waals surface area contributed by atoms with Crippen LogP contribution in [0.5, 0.6) is 5.75 Å². The minimum absolute atomic E-state index is 0.247. The van der Waals surface area contributed by atoms with Gasteiger partial charge in [-0.2, -0.15) is 0 Å². The number of anilines is 1. The normalized spacial score (nSPS) is 16.8. The molecular weight excluding hydrogens is 260 g/mol. The number of ether oxygens (including phenoxy) is 2. The zero-order valence-electron chi connectivity index (χ0n) is 11.5. The number of carboxylic acids is 1. The van der Waals surface area contributed by atoms with Crippen LogP contribution in [0.4, 0.5) is 5.69 Å². The Labute approximate surface area is 118 Å². The summed E-state index contributed by atoms with van der Waals surface area (Å²) in [6.07, 6.45) is 0.247. The van der Waals surface area contributed by atoms with Crippen LogP contribution in [-0.4, -0.2) is 50.5 Å². The molecule has 1 atom stereocenters. The number of aliphatic carboxylic acids is 1. The fraction of sp³-hybridized carbons (Fsp3) is 0.500. The van der Waals surface area contributed by atoms with Crippen molar-refractivity contribution in [2.24, 2.45) is 5.73 Å². The van der Waals surface area contributed by atoms with Crippen molar-refractivity contribution in [3.63, 3.8) is 0 Å². The molecular formula is C14H20N2O4. The number of morpholine rings is 1. The largest absolute Gasteiger partial charge is 0.496 e. The van der Waals surface area contributed by atoms with Gasteiger partial charge in [0.1, 0.15) is 11.8 Å². The second-order valence-corrected chi connectivity index (χ2v) is 4.74. The summed E-state index contributed by atoms with van der Waals surface area (Å²) in [5.41, 5.74) is 7.47. The number of nitrogens with two attached hydrogens (primary N) is 1. The number of carboxylic acid groups (broad SMARTS) is 1. The first-order valence-electron chi connectivity index (χ1n) is 6.60. The smallest absolute Gasteiger partial charge is 0.320 e. The third-order valence-electron chi connectivity index (χ3n) is 3.40. The Hall–Kier alpha value is -1.79. The highest BCUT2D eigenvalue weighted by atomic mass is 16.5. The molecule has 6 heteroatoms. The Kier molecular flexibility index (Phi) is 4.81. The second-order valence-electron chi connectivity index (χ2n) is 4.74. The third-order valence-corrected chi connectivity index (χ3v) is 3.40. The molecule has 0 spiro atoms. The van der Waals surface area contributed by atoms with Gasteiger partial charge in [0.05, 0.1) is 20.3 Å². The summed E-state index contributed by atoms with van der Waals surface area (Å²) in [5, 5.41) is 8.93. The summed E-state index contributed by atoms with van der Waals surface area (Å²) in [7, 11) is 1.57. The lowest BCUT2D eigenvalue weighted by Gasteiger charge is -2.29. The second kappa shape index (κ2) is 6.58. The molecule has 110 valence electrons. The zero-order chi connectivity index (χ0) is 14.5. The van der Waals surface area contributed by atoms with Gasteiger partial charge in [0.15, 0.2) is 0 Å². The number of benzene rings is 1. The fourth-order valence-electron chi connectivity index (χ4n) is 2.27. The standard InChI is InChI=1S/C14H20N2O4/c1-19-13-3-2-11(16-4-6-20-7-5-16)8-10(13)9-12(15)14(17)18/h2-3,8,12H,4-7,9,15H2,1H3,(H,17,18). The summed E-state index contributed by atoms with van der Waals surface area (Å²) in [4.78, 5) is 13.1. The van der Waals surface area contributed by atoms with Crippen molar-refractivity contribution in [1.29, 1.82) is 0 Å². The molecule has 0 saturated carbocycles. The van der Waals surface area contributed by atoms with E-state index in [4.69, 9.17) is 20.3 Å². The van der Waals surface area contributed by atoms with E-state index in [-0.39, 0.29) is 6.42 Å². The summed E-state index contributed by atoms with van der Waals surface area (Å²) in [6, 6.07) is 4.85. The average molecular weight is 280 g/mol. The van der Waals surface area contributed by atoms with Crippen LogP contribution in [-0.2, 0) is 16.0 Å². The van der Waals surface area contributed by atoms with Crippen LogP contribution in [0.1, 0.15) is 5.56 Å². The quantitative estimate of drug-likeness (QED) is 0.816. The van der Waals surface area contributed by atoms with E-state index in [9.17, 15) is 4.79 Å². The lowest BCUT2D eigenvalue weighted by atomic mass is 10.0. The highest BCUT2D eigenvalue weighted by Crippen LogP contribution is 2.26. The minimum atomic E-state index is -1.01. The summed E-state index contributed by atoms with van der Waals surface area (Å²) in [6.45, 7) is 3.07. The van der Waals surface area contributed by atoms with E-state index in [2.05, 4.69) is 4.90 Å². The highest BCUT2D eigenvalue weighted by Gasteiger charge is 2.17. The van der Waals surface area contributed by atoms with Gasteiger partial charge in [-0.1, -0.05) is 0 Å². The van der Waals surface area contributed by atoms with E-state index in [0.29, 0.717) is 19.0 Å². The predicted octanol–water partition coefficient (Wildman–Crippen LogP) is 0.486. The molecule has 0 aromatic heterocycles. The molecule has 1 aromatic rings. The number of nitrogens with zero attached hydrogens (tertiary/aromatic N) is 1. The number of hydrogen-bond donors (Lipinski definition) is 2. The van der Waals surface area contributed by atoms with Gasteiger partial charge >= 0.3 is 5.97 Å². The van der Waals surface area contributed by atoms with Crippen molar-refractivity contribution < 1.29 is 19.4 Å². The van der Waals surface area contributed by atoms with Crippen LogP contribution < -0.4 is 15.4 Å². The molecule has 1 saturated heterocycles. The lowest BCUT2D eigenvalue weighted by molar-refractivity contribution is -0.138.